The molecule has 0 aliphatic rings. The zero-order valence-electron chi connectivity index (χ0n) is 18.7. The van der Waals surface area contributed by atoms with Crippen LogP contribution in [0.2, 0.25) is 5.02 Å². The van der Waals surface area contributed by atoms with Crippen LogP contribution in [0.25, 0.3) is 0 Å². The Morgan fingerprint density at radius 1 is 0.971 bits per heavy atom. The fraction of sp³-hybridized carbons (Fsp3) is 0.208. The summed E-state index contributed by atoms with van der Waals surface area (Å²) in [6, 6.07) is 20.1. The van der Waals surface area contributed by atoms with Crippen molar-refractivity contribution in [3.8, 4) is 11.5 Å². The van der Waals surface area contributed by atoms with Gasteiger partial charge in [0.15, 0.2) is 0 Å². The van der Waals surface area contributed by atoms with E-state index in [9.17, 15) is 13.2 Å². The number of halogens is 1. The first-order valence-corrected chi connectivity index (χ1v) is 13.1. The molecule has 0 atom stereocenters. The highest BCUT2D eigenvalue weighted by molar-refractivity contribution is 7.99. The maximum Gasteiger partial charge on any atom is 0.264 e. The summed E-state index contributed by atoms with van der Waals surface area (Å²) >= 11 is 7.46. The Labute approximate surface area is 209 Å². The van der Waals surface area contributed by atoms with Crippen LogP contribution in [0, 0.1) is 0 Å². The van der Waals surface area contributed by atoms with E-state index < -0.39 is 22.5 Å². The van der Waals surface area contributed by atoms with E-state index in [1.807, 2.05) is 12.1 Å². The smallest absolute Gasteiger partial charge is 0.264 e. The van der Waals surface area contributed by atoms with Gasteiger partial charge in [-0.2, -0.15) is 0 Å². The van der Waals surface area contributed by atoms with Crippen LogP contribution in [0.1, 0.15) is 0 Å². The van der Waals surface area contributed by atoms with Crippen LogP contribution in [0.3, 0.4) is 0 Å². The van der Waals surface area contributed by atoms with Gasteiger partial charge in [-0.25, -0.2) is 8.42 Å². The third-order valence-corrected chi connectivity index (χ3v) is 7.83. The molecule has 7 nitrogen and oxygen atoms in total. The Kier molecular flexibility index (Phi) is 9.09. The number of nitrogens with zero attached hydrogens (tertiary/aromatic N) is 1. The predicted octanol–water partition coefficient (Wildman–Crippen LogP) is 4.46. The van der Waals surface area contributed by atoms with Crippen LogP contribution in [0.5, 0.6) is 11.5 Å². The van der Waals surface area contributed by atoms with Crippen LogP contribution in [-0.4, -0.2) is 47.4 Å². The molecule has 3 rings (SSSR count). The number of para-hydroxylation sites is 2. The van der Waals surface area contributed by atoms with Crippen LogP contribution in [0.4, 0.5) is 5.69 Å². The van der Waals surface area contributed by atoms with Gasteiger partial charge >= 0.3 is 0 Å². The third-order valence-electron chi connectivity index (χ3n) is 4.80. The molecule has 3 aromatic carbocycles. The Bertz CT molecular complexity index is 1200. The highest BCUT2D eigenvalue weighted by Gasteiger charge is 2.29. The van der Waals surface area contributed by atoms with Crippen molar-refractivity contribution in [2.24, 2.45) is 0 Å². The van der Waals surface area contributed by atoms with Gasteiger partial charge in [0.1, 0.15) is 18.0 Å². The number of sulfonamides is 1. The Balaban J connectivity index is 1.75. The lowest BCUT2D eigenvalue weighted by Gasteiger charge is -2.25. The molecule has 1 N–H and O–H groups in total. The number of benzene rings is 3. The van der Waals surface area contributed by atoms with Crippen molar-refractivity contribution in [1.29, 1.82) is 0 Å². The molecule has 0 aliphatic carbocycles. The fourth-order valence-corrected chi connectivity index (χ4v) is 5.41. The van der Waals surface area contributed by atoms with E-state index in [1.54, 1.807) is 60.3 Å². The molecule has 0 aliphatic heterocycles. The molecule has 0 saturated heterocycles. The number of rotatable bonds is 11. The number of hydrogen-bond acceptors (Lipinski definition) is 6. The second kappa shape index (κ2) is 12.0. The summed E-state index contributed by atoms with van der Waals surface area (Å²) in [6.07, 6.45) is 0. The largest absolute Gasteiger partial charge is 0.497 e. The summed E-state index contributed by atoms with van der Waals surface area (Å²) in [5.41, 5.74) is 0.270. The molecule has 0 radical (unpaired) electrons. The average Bonchev–Trinajstić information content (AvgIpc) is 2.86. The molecular formula is C24H25ClN2O5S2. The van der Waals surface area contributed by atoms with Crippen LogP contribution >= 0.6 is 23.4 Å². The highest BCUT2D eigenvalue weighted by Crippen LogP contribution is 2.32. The molecular weight excluding hydrogens is 496 g/mol. The molecule has 34 heavy (non-hydrogen) atoms. The lowest BCUT2D eigenvalue weighted by atomic mass is 10.3. The molecule has 0 aromatic heterocycles. The number of methoxy groups -OCH3 is 2. The number of ether oxygens (including phenoxy) is 2. The van der Waals surface area contributed by atoms with Gasteiger partial charge in [0, 0.05) is 22.2 Å². The second-order valence-electron chi connectivity index (χ2n) is 7.01. The lowest BCUT2D eigenvalue weighted by molar-refractivity contribution is -0.119. The van der Waals surface area contributed by atoms with Crippen molar-refractivity contribution in [1.82, 2.24) is 5.32 Å². The second-order valence-corrected chi connectivity index (χ2v) is 10.5. The minimum absolute atomic E-state index is 0.0327. The van der Waals surface area contributed by atoms with Crippen LogP contribution in [-0.2, 0) is 14.8 Å². The topological polar surface area (TPSA) is 84.9 Å². The molecule has 0 heterocycles. The van der Waals surface area contributed by atoms with Crippen molar-refractivity contribution in [3.63, 3.8) is 0 Å². The lowest BCUT2D eigenvalue weighted by Crippen LogP contribution is -2.41. The summed E-state index contributed by atoms with van der Waals surface area (Å²) in [5, 5.41) is 3.45. The minimum atomic E-state index is -4.07. The van der Waals surface area contributed by atoms with E-state index in [0.717, 1.165) is 9.20 Å². The first-order valence-electron chi connectivity index (χ1n) is 10.3. The van der Waals surface area contributed by atoms with Gasteiger partial charge in [0.25, 0.3) is 10.0 Å². The number of amides is 1. The van der Waals surface area contributed by atoms with Crippen LogP contribution in [0.15, 0.2) is 82.6 Å². The van der Waals surface area contributed by atoms with E-state index in [-0.39, 0.29) is 10.6 Å². The van der Waals surface area contributed by atoms with Gasteiger partial charge in [0.05, 0.1) is 24.8 Å². The van der Waals surface area contributed by atoms with Crippen LogP contribution < -0.4 is 19.1 Å². The maximum atomic E-state index is 13.5. The maximum absolute atomic E-state index is 13.5. The first-order chi connectivity index (χ1) is 16.3. The Morgan fingerprint density at radius 2 is 1.65 bits per heavy atom. The third kappa shape index (κ3) is 6.59. The quantitative estimate of drug-likeness (QED) is 0.297. The molecule has 0 unspecified atom stereocenters. The van der Waals surface area contributed by atoms with E-state index in [2.05, 4.69) is 5.32 Å². The van der Waals surface area contributed by atoms with Crippen molar-refractivity contribution in [3.05, 3.63) is 77.8 Å². The van der Waals surface area contributed by atoms with Gasteiger partial charge in [0.2, 0.25) is 5.91 Å². The van der Waals surface area contributed by atoms with Crippen molar-refractivity contribution >= 4 is 45.0 Å². The summed E-state index contributed by atoms with van der Waals surface area (Å²) in [4.78, 5) is 13.8. The van der Waals surface area contributed by atoms with Crippen molar-refractivity contribution in [2.75, 3.05) is 37.4 Å². The highest BCUT2D eigenvalue weighted by atomic mass is 35.5. The van der Waals surface area contributed by atoms with E-state index in [0.29, 0.717) is 28.8 Å². The summed E-state index contributed by atoms with van der Waals surface area (Å²) in [6.45, 7) is -0.0329. The predicted molar refractivity (Wildman–Crippen MR) is 136 cm³/mol. The standard InChI is InChI=1S/C24H25ClN2O5S2/c1-31-19-9-13-21(14-10-19)34(29,30)27(22-5-3-4-6-23(22)32-2)17-24(28)26-15-16-33-20-11-7-18(25)8-12-20/h3-14H,15-17H2,1-2H3,(H,26,28). The van der Waals surface area contributed by atoms with Crippen molar-refractivity contribution in [2.45, 2.75) is 9.79 Å². The zero-order valence-corrected chi connectivity index (χ0v) is 21.1. The summed E-state index contributed by atoms with van der Waals surface area (Å²) in [7, 11) is -1.12. The Morgan fingerprint density at radius 3 is 2.29 bits per heavy atom. The van der Waals surface area contributed by atoms with Crippen molar-refractivity contribution < 1.29 is 22.7 Å². The van der Waals surface area contributed by atoms with Gasteiger partial charge in [-0.3, -0.25) is 9.10 Å². The zero-order chi connectivity index (χ0) is 24.6. The first kappa shape index (κ1) is 25.7. The summed E-state index contributed by atoms with van der Waals surface area (Å²) < 4.78 is 38.6. The monoisotopic (exact) mass is 520 g/mol. The van der Waals surface area contributed by atoms with E-state index >= 15 is 0 Å². The number of carbonyl (C=O) groups excluding carboxylic acids is 1. The Hall–Kier alpha value is -2.88. The molecule has 3 aromatic rings. The normalized spacial score (nSPS) is 11.0. The number of hydrogen-bond donors (Lipinski definition) is 1. The minimum Gasteiger partial charge on any atom is -0.497 e. The molecule has 0 fully saturated rings. The summed E-state index contributed by atoms with van der Waals surface area (Å²) in [5.74, 6) is 1.05. The van der Waals surface area contributed by atoms with E-state index in [1.165, 1.54) is 26.4 Å². The molecule has 0 saturated carbocycles. The number of nitrogens with one attached hydrogen (secondary N) is 1. The molecule has 180 valence electrons. The number of anilines is 1. The van der Waals surface area contributed by atoms with Gasteiger partial charge in [-0.1, -0.05) is 23.7 Å². The molecule has 10 heteroatoms. The average molecular weight is 521 g/mol. The number of carbonyl (C=O) groups is 1. The van der Waals surface area contributed by atoms with Gasteiger partial charge in [-0.05, 0) is 60.7 Å². The number of thioether (sulfide) groups is 1. The van der Waals surface area contributed by atoms with Gasteiger partial charge < -0.3 is 14.8 Å². The molecule has 0 spiro atoms. The molecule has 1 amide bonds. The van der Waals surface area contributed by atoms with E-state index in [4.69, 9.17) is 21.1 Å². The van der Waals surface area contributed by atoms with Gasteiger partial charge in [-0.15, -0.1) is 11.8 Å². The molecule has 0 bridgehead atoms. The fourth-order valence-electron chi connectivity index (χ4n) is 3.09. The SMILES string of the molecule is COc1ccc(S(=O)(=O)N(CC(=O)NCCSc2ccc(Cl)cc2)c2ccccc2OC)cc1.